The Balaban J connectivity index is 1.65. The van der Waals surface area contributed by atoms with Gasteiger partial charge in [-0.1, -0.05) is 12.1 Å². The summed E-state index contributed by atoms with van der Waals surface area (Å²) >= 11 is 0. The quantitative estimate of drug-likeness (QED) is 0.524. The zero-order chi connectivity index (χ0) is 16.7. The molecule has 2 amide bonds. The molecule has 0 bridgehead atoms. The van der Waals surface area contributed by atoms with Crippen LogP contribution in [0.25, 0.3) is 0 Å². The summed E-state index contributed by atoms with van der Waals surface area (Å²) < 4.78 is 4.95. The van der Waals surface area contributed by atoms with Gasteiger partial charge in [0.2, 0.25) is 11.8 Å². The highest BCUT2D eigenvalue weighted by Crippen LogP contribution is 1.97. The van der Waals surface area contributed by atoms with Crippen LogP contribution in [0.2, 0.25) is 0 Å². The normalized spacial score (nSPS) is 10.3. The van der Waals surface area contributed by atoms with E-state index < -0.39 is 0 Å². The number of aromatic amines is 1. The molecule has 2 aromatic heterocycles. The number of nitrogens with zero attached hydrogens (tertiary/aromatic N) is 3. The fourth-order valence-corrected chi connectivity index (χ4v) is 1.74. The van der Waals surface area contributed by atoms with Gasteiger partial charge in [-0.05, 0) is 6.92 Å². The van der Waals surface area contributed by atoms with Crippen molar-refractivity contribution in [3.63, 3.8) is 0 Å². The van der Waals surface area contributed by atoms with E-state index in [9.17, 15) is 9.59 Å². The van der Waals surface area contributed by atoms with E-state index in [1.807, 2.05) is 6.92 Å². The molecule has 0 fully saturated rings. The molecule has 2 heterocycles. The van der Waals surface area contributed by atoms with Crippen molar-refractivity contribution in [1.82, 2.24) is 30.7 Å². The van der Waals surface area contributed by atoms with Crippen LogP contribution in [0.3, 0.4) is 0 Å². The SMILES string of the molecule is CCc1noc(CNC(=O)NCCNc2nc(C)cc(=O)[nH]2)n1. The van der Waals surface area contributed by atoms with Crippen molar-refractivity contribution in [2.75, 3.05) is 18.4 Å². The van der Waals surface area contributed by atoms with E-state index in [4.69, 9.17) is 4.52 Å². The van der Waals surface area contributed by atoms with Crippen LogP contribution in [0.5, 0.6) is 0 Å². The number of hydrogen-bond acceptors (Lipinski definition) is 7. The Hall–Kier alpha value is -2.91. The second-order valence-corrected chi connectivity index (χ2v) is 4.73. The molecule has 0 unspecified atom stereocenters. The second-order valence-electron chi connectivity index (χ2n) is 4.73. The third-order valence-electron chi connectivity index (χ3n) is 2.80. The molecule has 0 aliphatic heterocycles. The minimum atomic E-state index is -0.353. The lowest BCUT2D eigenvalue weighted by atomic mass is 10.4. The number of aryl methyl sites for hydroxylation is 2. The largest absolute Gasteiger partial charge is 0.354 e. The monoisotopic (exact) mass is 321 g/mol. The highest BCUT2D eigenvalue weighted by molar-refractivity contribution is 5.73. The zero-order valence-corrected chi connectivity index (χ0v) is 13.0. The molecule has 10 nitrogen and oxygen atoms in total. The van der Waals surface area contributed by atoms with E-state index in [1.165, 1.54) is 6.07 Å². The van der Waals surface area contributed by atoms with Gasteiger partial charge in [0.15, 0.2) is 5.82 Å². The maximum atomic E-state index is 11.6. The first-order valence-corrected chi connectivity index (χ1v) is 7.22. The Bertz CT molecular complexity index is 710. The van der Waals surface area contributed by atoms with Crippen LogP contribution in [0.4, 0.5) is 10.7 Å². The first-order chi connectivity index (χ1) is 11.1. The standard InChI is InChI=1S/C13H19N7O3/c1-3-9-18-11(23-20-9)7-16-13(22)15-5-4-14-12-17-8(2)6-10(21)19-12/h6H,3-5,7H2,1-2H3,(H2,15,16,22)(H2,14,17,19,21). The van der Waals surface area contributed by atoms with Gasteiger partial charge < -0.3 is 20.5 Å². The molecule has 0 radical (unpaired) electrons. The van der Waals surface area contributed by atoms with Gasteiger partial charge >= 0.3 is 6.03 Å². The molecule has 4 N–H and O–H groups in total. The summed E-state index contributed by atoms with van der Waals surface area (Å²) in [6, 6.07) is 1.05. The number of anilines is 1. The van der Waals surface area contributed by atoms with Crippen LogP contribution in [0, 0.1) is 6.92 Å². The van der Waals surface area contributed by atoms with Gasteiger partial charge in [0.1, 0.15) is 0 Å². The van der Waals surface area contributed by atoms with Gasteiger partial charge in [-0.15, -0.1) is 0 Å². The van der Waals surface area contributed by atoms with Crippen LogP contribution in [-0.2, 0) is 13.0 Å². The lowest BCUT2D eigenvalue weighted by Gasteiger charge is -2.07. The maximum Gasteiger partial charge on any atom is 0.315 e. The first-order valence-electron chi connectivity index (χ1n) is 7.22. The number of aromatic nitrogens is 4. The Kier molecular flexibility index (Phi) is 5.67. The van der Waals surface area contributed by atoms with Crippen molar-refractivity contribution >= 4 is 12.0 Å². The fourth-order valence-electron chi connectivity index (χ4n) is 1.74. The minimum absolute atomic E-state index is 0.166. The van der Waals surface area contributed by atoms with E-state index >= 15 is 0 Å². The molecule has 0 saturated heterocycles. The molecule has 2 rings (SSSR count). The number of urea groups is 1. The highest BCUT2D eigenvalue weighted by atomic mass is 16.5. The van der Waals surface area contributed by atoms with Crippen LogP contribution in [0.15, 0.2) is 15.4 Å². The highest BCUT2D eigenvalue weighted by Gasteiger charge is 2.06. The third kappa shape index (κ3) is 5.41. The lowest BCUT2D eigenvalue weighted by molar-refractivity contribution is 0.239. The van der Waals surface area contributed by atoms with Gasteiger partial charge in [-0.3, -0.25) is 9.78 Å². The molecule has 124 valence electrons. The van der Waals surface area contributed by atoms with Crippen LogP contribution < -0.4 is 21.5 Å². The van der Waals surface area contributed by atoms with Crippen molar-refractivity contribution in [2.45, 2.75) is 26.8 Å². The molecule has 0 aliphatic carbocycles. The Morgan fingerprint density at radius 1 is 1.30 bits per heavy atom. The van der Waals surface area contributed by atoms with Gasteiger partial charge in [0, 0.05) is 31.3 Å². The Morgan fingerprint density at radius 2 is 2.13 bits per heavy atom. The van der Waals surface area contributed by atoms with Crippen LogP contribution in [0.1, 0.15) is 24.3 Å². The number of carbonyl (C=O) groups is 1. The third-order valence-corrected chi connectivity index (χ3v) is 2.80. The predicted molar refractivity (Wildman–Crippen MR) is 82.0 cm³/mol. The summed E-state index contributed by atoms with van der Waals surface area (Å²) in [7, 11) is 0. The van der Waals surface area contributed by atoms with Gasteiger partial charge in [-0.2, -0.15) is 4.98 Å². The van der Waals surface area contributed by atoms with E-state index in [0.717, 1.165) is 0 Å². The number of rotatable bonds is 7. The Labute approximate surface area is 132 Å². The molecule has 0 atom stereocenters. The van der Waals surface area contributed by atoms with E-state index in [-0.39, 0.29) is 18.1 Å². The molecular formula is C13H19N7O3. The van der Waals surface area contributed by atoms with Crippen molar-refractivity contribution in [3.05, 3.63) is 33.8 Å². The molecule has 0 spiro atoms. The number of H-pyrrole nitrogens is 1. The van der Waals surface area contributed by atoms with Crippen LogP contribution in [-0.4, -0.2) is 39.2 Å². The minimum Gasteiger partial charge on any atom is -0.354 e. The van der Waals surface area contributed by atoms with Crippen molar-refractivity contribution in [1.29, 1.82) is 0 Å². The lowest BCUT2D eigenvalue weighted by Crippen LogP contribution is -2.37. The van der Waals surface area contributed by atoms with Gasteiger partial charge in [0.25, 0.3) is 5.56 Å². The maximum absolute atomic E-state index is 11.6. The molecule has 0 aliphatic rings. The number of carbonyl (C=O) groups excluding carboxylic acids is 1. The number of nitrogens with one attached hydrogen (secondary N) is 4. The molecule has 23 heavy (non-hydrogen) atoms. The fraction of sp³-hybridized carbons (Fsp3) is 0.462. The molecule has 0 aromatic carbocycles. The van der Waals surface area contributed by atoms with E-state index in [0.29, 0.717) is 42.9 Å². The number of hydrogen-bond donors (Lipinski definition) is 4. The van der Waals surface area contributed by atoms with Crippen molar-refractivity contribution < 1.29 is 9.32 Å². The second kappa shape index (κ2) is 7.92. The average molecular weight is 321 g/mol. The summed E-state index contributed by atoms with van der Waals surface area (Å²) in [6.07, 6.45) is 0.677. The average Bonchev–Trinajstić information content (AvgIpc) is 2.97. The molecular weight excluding hydrogens is 302 g/mol. The first kappa shape index (κ1) is 16.5. The van der Waals surface area contributed by atoms with Gasteiger partial charge in [-0.25, -0.2) is 9.78 Å². The summed E-state index contributed by atoms with van der Waals surface area (Å²) in [5.41, 5.74) is 0.393. The molecule has 0 saturated carbocycles. The van der Waals surface area contributed by atoms with Crippen molar-refractivity contribution in [3.8, 4) is 0 Å². The topological polar surface area (TPSA) is 138 Å². The summed E-state index contributed by atoms with van der Waals surface area (Å²) in [5.74, 6) is 1.33. The summed E-state index contributed by atoms with van der Waals surface area (Å²) in [5, 5.41) is 11.9. The predicted octanol–water partition coefficient (Wildman–Crippen LogP) is -0.0650. The Morgan fingerprint density at radius 3 is 2.83 bits per heavy atom. The van der Waals surface area contributed by atoms with E-state index in [1.54, 1.807) is 6.92 Å². The van der Waals surface area contributed by atoms with Crippen molar-refractivity contribution in [2.24, 2.45) is 0 Å². The number of amides is 2. The van der Waals surface area contributed by atoms with Gasteiger partial charge in [0.05, 0.1) is 6.54 Å². The molecule has 2 aromatic rings. The van der Waals surface area contributed by atoms with Crippen LogP contribution >= 0.6 is 0 Å². The molecule has 10 heteroatoms. The summed E-state index contributed by atoms with van der Waals surface area (Å²) in [4.78, 5) is 33.6. The smallest absolute Gasteiger partial charge is 0.315 e. The summed E-state index contributed by atoms with van der Waals surface area (Å²) in [6.45, 7) is 4.58. The zero-order valence-electron chi connectivity index (χ0n) is 13.0. The van der Waals surface area contributed by atoms with E-state index in [2.05, 4.69) is 36.1 Å².